The minimum Gasteiger partial charge on any atom is -0.367 e. The van der Waals surface area contributed by atoms with E-state index in [0.717, 1.165) is 0 Å². The standard InChI is InChI=1S/C4HF9O3/c5-2(6,7)1(14,3(8,9)15-12)4(10,11)16-13/h14H. The zero-order chi connectivity index (χ0) is 13.4. The van der Waals surface area contributed by atoms with Crippen LogP contribution in [-0.2, 0) is 9.88 Å². The second kappa shape index (κ2) is 3.92. The molecular weight excluding hydrogens is 267 g/mol. The largest absolute Gasteiger partial charge is 0.435 e. The van der Waals surface area contributed by atoms with Gasteiger partial charge in [0.15, 0.2) is 0 Å². The third-order valence-corrected chi connectivity index (χ3v) is 1.45. The van der Waals surface area contributed by atoms with E-state index in [4.69, 9.17) is 5.11 Å². The molecule has 0 saturated carbocycles. The third kappa shape index (κ3) is 1.91. The molecule has 12 heteroatoms. The van der Waals surface area contributed by atoms with Crippen LogP contribution in [0.5, 0.6) is 0 Å². The second-order valence-electron chi connectivity index (χ2n) is 2.40. The summed E-state index contributed by atoms with van der Waals surface area (Å²) in [6.45, 7) is 0. The van der Waals surface area contributed by atoms with Crippen molar-refractivity contribution in [3.8, 4) is 0 Å². The van der Waals surface area contributed by atoms with E-state index < -0.39 is 24.0 Å². The molecule has 0 aromatic heterocycles. The molecule has 1 N–H and O–H groups in total. The maximum atomic E-state index is 12.1. The van der Waals surface area contributed by atoms with Gasteiger partial charge in [0.2, 0.25) is 0 Å². The Balaban J connectivity index is 5.76. The highest BCUT2D eigenvalue weighted by Crippen LogP contribution is 2.52. The van der Waals surface area contributed by atoms with E-state index in [2.05, 4.69) is 0 Å². The van der Waals surface area contributed by atoms with Gasteiger partial charge in [-0.15, -0.1) is 9.88 Å². The van der Waals surface area contributed by atoms with Crippen LogP contribution in [0.15, 0.2) is 0 Å². The molecule has 0 aromatic carbocycles. The van der Waals surface area contributed by atoms with Gasteiger partial charge in [-0.3, -0.25) is 0 Å². The summed E-state index contributed by atoms with van der Waals surface area (Å²) in [5.41, 5.74) is -6.53. The fourth-order valence-corrected chi connectivity index (χ4v) is 0.611. The Morgan fingerprint density at radius 3 is 1.06 bits per heavy atom. The number of rotatable bonds is 4. The Bertz CT molecular complexity index is 232. The van der Waals surface area contributed by atoms with Crippen molar-refractivity contribution in [3.05, 3.63) is 0 Å². The first kappa shape index (κ1) is 15.2. The maximum absolute atomic E-state index is 12.1. The summed E-state index contributed by atoms with van der Waals surface area (Å²) in [6.07, 6.45) is -19.8. The van der Waals surface area contributed by atoms with Gasteiger partial charge < -0.3 is 5.11 Å². The molecule has 0 aliphatic carbocycles. The van der Waals surface area contributed by atoms with Crippen molar-refractivity contribution >= 4 is 0 Å². The number of aliphatic hydroxyl groups is 1. The lowest BCUT2D eigenvalue weighted by molar-refractivity contribution is -0.540. The molecule has 0 atom stereocenters. The summed E-state index contributed by atoms with van der Waals surface area (Å²) < 4.78 is 106. The zero-order valence-electron chi connectivity index (χ0n) is 6.67. The monoisotopic (exact) mass is 268 g/mol. The Labute approximate surface area is 80.1 Å². The zero-order valence-corrected chi connectivity index (χ0v) is 6.67. The summed E-state index contributed by atoms with van der Waals surface area (Å²) in [5, 5.41) is 8.05. The topological polar surface area (TPSA) is 38.7 Å². The van der Waals surface area contributed by atoms with Crippen molar-refractivity contribution in [1.82, 2.24) is 0 Å². The van der Waals surface area contributed by atoms with Crippen molar-refractivity contribution in [1.29, 1.82) is 0 Å². The predicted molar refractivity (Wildman–Crippen MR) is 25.3 cm³/mol. The highest BCUT2D eigenvalue weighted by atomic mass is 19.4. The molecule has 0 unspecified atom stereocenters. The normalized spacial score (nSPS) is 15.4. The molecule has 0 heterocycles. The molecule has 98 valence electrons. The van der Waals surface area contributed by atoms with Crippen molar-refractivity contribution < 1.29 is 54.8 Å². The van der Waals surface area contributed by atoms with Crippen molar-refractivity contribution in [3.63, 3.8) is 0 Å². The van der Waals surface area contributed by atoms with E-state index in [1.165, 1.54) is 9.88 Å². The van der Waals surface area contributed by atoms with Gasteiger partial charge in [0.05, 0.1) is 0 Å². The smallest absolute Gasteiger partial charge is 0.367 e. The molecule has 0 fully saturated rings. The first-order chi connectivity index (χ1) is 6.87. The molecule has 0 saturated heterocycles. The van der Waals surface area contributed by atoms with Gasteiger partial charge in [0.1, 0.15) is 0 Å². The molecular formula is C4HF9O3. The third-order valence-electron chi connectivity index (χ3n) is 1.45. The van der Waals surface area contributed by atoms with E-state index >= 15 is 0 Å². The second-order valence-corrected chi connectivity index (χ2v) is 2.40. The van der Waals surface area contributed by atoms with E-state index in [9.17, 15) is 39.8 Å². The van der Waals surface area contributed by atoms with Crippen molar-refractivity contribution in [2.75, 3.05) is 0 Å². The number of alkyl halides is 7. The number of hydrogen-bond donors (Lipinski definition) is 1. The lowest BCUT2D eigenvalue weighted by atomic mass is 10.0. The van der Waals surface area contributed by atoms with Gasteiger partial charge in [-0.05, 0) is 9.05 Å². The number of halogens is 9. The molecule has 0 bridgehead atoms. The van der Waals surface area contributed by atoms with Gasteiger partial charge >= 0.3 is 24.0 Å². The van der Waals surface area contributed by atoms with Crippen molar-refractivity contribution in [2.45, 2.75) is 24.0 Å². The highest BCUT2D eigenvalue weighted by molar-refractivity contribution is 5.00. The van der Waals surface area contributed by atoms with Crippen LogP contribution >= 0.6 is 0 Å². The van der Waals surface area contributed by atoms with Crippen LogP contribution in [0, 0.1) is 0 Å². The summed E-state index contributed by atoms with van der Waals surface area (Å²) in [5.74, 6) is 0. The number of hydrogen-bond acceptors (Lipinski definition) is 3. The molecule has 0 aromatic rings. The first-order valence-corrected chi connectivity index (χ1v) is 3.01. The average Bonchev–Trinajstić information content (AvgIpc) is 2.14. The van der Waals surface area contributed by atoms with Crippen LogP contribution in [0.3, 0.4) is 0 Å². The van der Waals surface area contributed by atoms with E-state index in [1.807, 2.05) is 0 Å². The van der Waals surface area contributed by atoms with Gasteiger partial charge in [0.25, 0.3) is 0 Å². The van der Waals surface area contributed by atoms with Gasteiger partial charge in [0, 0.05) is 0 Å². The van der Waals surface area contributed by atoms with Gasteiger partial charge in [-0.2, -0.15) is 30.7 Å². The first-order valence-electron chi connectivity index (χ1n) is 3.01. The lowest BCUT2D eigenvalue weighted by Crippen LogP contribution is -2.69. The summed E-state index contributed by atoms with van der Waals surface area (Å²) in [7, 11) is 0. The Hall–Kier alpha value is -0.750. The molecule has 0 radical (unpaired) electrons. The van der Waals surface area contributed by atoms with E-state index in [0.29, 0.717) is 0 Å². The van der Waals surface area contributed by atoms with Crippen LogP contribution in [-0.4, -0.2) is 29.1 Å². The molecule has 16 heavy (non-hydrogen) atoms. The van der Waals surface area contributed by atoms with Crippen LogP contribution in [0.4, 0.5) is 39.8 Å². The maximum Gasteiger partial charge on any atom is 0.435 e. The lowest BCUT2D eigenvalue weighted by Gasteiger charge is -2.36. The summed E-state index contributed by atoms with van der Waals surface area (Å²) in [6, 6.07) is 0. The minimum absolute atomic E-state index is 1.29. The molecule has 3 nitrogen and oxygen atoms in total. The van der Waals surface area contributed by atoms with E-state index in [-0.39, 0.29) is 0 Å². The quantitative estimate of drug-likeness (QED) is 0.795. The Kier molecular flexibility index (Phi) is 3.74. The molecule has 0 aliphatic heterocycles. The molecule has 0 spiro atoms. The summed E-state index contributed by atoms with van der Waals surface area (Å²) in [4.78, 5) is 2.58. The van der Waals surface area contributed by atoms with E-state index in [1.54, 1.807) is 0 Å². The van der Waals surface area contributed by atoms with Crippen molar-refractivity contribution in [2.24, 2.45) is 0 Å². The van der Waals surface area contributed by atoms with Crippen LogP contribution in [0.1, 0.15) is 0 Å². The van der Waals surface area contributed by atoms with Crippen LogP contribution in [0.25, 0.3) is 0 Å². The average molecular weight is 268 g/mol. The SMILES string of the molecule is OC(C(F)(F)F)(C(F)(F)OF)C(F)(F)OF. The Morgan fingerprint density at radius 1 is 0.688 bits per heavy atom. The fourth-order valence-electron chi connectivity index (χ4n) is 0.611. The van der Waals surface area contributed by atoms with Crippen LogP contribution in [0.2, 0.25) is 0 Å². The molecule has 0 amide bonds. The molecule has 0 aliphatic rings. The van der Waals surface area contributed by atoms with Gasteiger partial charge in [-0.1, -0.05) is 0 Å². The minimum atomic E-state index is -6.85. The predicted octanol–water partition coefficient (Wildman–Crippen LogP) is 2.27. The molecule has 0 rings (SSSR count). The fraction of sp³-hybridized carbons (Fsp3) is 1.00. The summed E-state index contributed by atoms with van der Waals surface area (Å²) >= 11 is 0. The van der Waals surface area contributed by atoms with Crippen LogP contribution < -0.4 is 0 Å². The highest BCUT2D eigenvalue weighted by Gasteiger charge is 2.85. The Morgan fingerprint density at radius 2 is 0.938 bits per heavy atom. The van der Waals surface area contributed by atoms with Gasteiger partial charge in [-0.25, -0.2) is 0 Å².